The molecule has 0 amide bonds. The van der Waals surface area contributed by atoms with Gasteiger partial charge in [-0.25, -0.2) is 8.42 Å². The highest BCUT2D eigenvalue weighted by molar-refractivity contribution is 7.90. The highest BCUT2D eigenvalue weighted by Crippen LogP contribution is 2.42. The molecule has 1 heterocycles. The Morgan fingerprint density at radius 3 is 1.96 bits per heavy atom. The van der Waals surface area contributed by atoms with Crippen molar-refractivity contribution < 1.29 is 26.3 Å². The van der Waals surface area contributed by atoms with Gasteiger partial charge < -0.3 is 4.74 Å². The van der Waals surface area contributed by atoms with Crippen molar-refractivity contribution in [3.05, 3.63) is 54.2 Å². The summed E-state index contributed by atoms with van der Waals surface area (Å²) < 4.78 is 70.3. The number of benzene rings is 2. The molecule has 0 radical (unpaired) electrons. The molecule has 148 valence electrons. The molecule has 0 saturated carbocycles. The average molecular weight is 410 g/mol. The van der Waals surface area contributed by atoms with Crippen LogP contribution in [-0.2, 0) is 23.1 Å². The number of sulfone groups is 1. The molecular weight excluding hydrogens is 393 g/mol. The largest absolute Gasteiger partial charge is 0.497 e. The molecule has 2 aromatic carbocycles. The van der Waals surface area contributed by atoms with Crippen molar-refractivity contribution in [2.45, 2.75) is 11.1 Å². The Morgan fingerprint density at radius 1 is 0.964 bits per heavy atom. The molecule has 0 N–H and O–H groups in total. The highest BCUT2D eigenvalue weighted by atomic mass is 32.2. The maximum atomic E-state index is 13.7. The van der Waals surface area contributed by atoms with Gasteiger partial charge >= 0.3 is 6.18 Å². The summed E-state index contributed by atoms with van der Waals surface area (Å²) in [6, 6.07) is 11.8. The predicted molar refractivity (Wildman–Crippen MR) is 98.7 cm³/mol. The first-order chi connectivity index (χ1) is 13.0. The number of halogens is 3. The fraction of sp³-hybridized carbons (Fsp3) is 0.211. The maximum Gasteiger partial charge on any atom is 0.433 e. The topological polar surface area (TPSA) is 61.2 Å². The number of hydrogen-bond donors (Lipinski definition) is 0. The first-order valence-electron chi connectivity index (χ1n) is 8.11. The fourth-order valence-electron chi connectivity index (χ4n) is 2.94. The van der Waals surface area contributed by atoms with Crippen LogP contribution in [0.1, 0.15) is 5.69 Å². The van der Waals surface area contributed by atoms with Gasteiger partial charge in [0, 0.05) is 24.4 Å². The van der Waals surface area contributed by atoms with Crippen molar-refractivity contribution in [2.24, 2.45) is 7.05 Å². The van der Waals surface area contributed by atoms with Crippen LogP contribution in [0.15, 0.2) is 53.4 Å². The highest BCUT2D eigenvalue weighted by Gasteiger charge is 2.39. The van der Waals surface area contributed by atoms with E-state index in [4.69, 9.17) is 4.74 Å². The smallest absolute Gasteiger partial charge is 0.433 e. The monoisotopic (exact) mass is 410 g/mol. The van der Waals surface area contributed by atoms with Crippen molar-refractivity contribution in [3.63, 3.8) is 0 Å². The molecular formula is C19H17F3N2O3S. The van der Waals surface area contributed by atoms with E-state index in [0.717, 1.165) is 10.9 Å². The summed E-state index contributed by atoms with van der Waals surface area (Å²) in [6.45, 7) is 0. The van der Waals surface area contributed by atoms with Crippen molar-refractivity contribution in [3.8, 4) is 28.1 Å². The zero-order chi connectivity index (χ0) is 20.7. The lowest BCUT2D eigenvalue weighted by Gasteiger charge is -2.11. The van der Waals surface area contributed by atoms with Crippen LogP contribution < -0.4 is 4.74 Å². The normalized spacial score (nSPS) is 12.2. The van der Waals surface area contributed by atoms with Gasteiger partial charge in [0.25, 0.3) is 0 Å². The van der Waals surface area contributed by atoms with Crippen molar-refractivity contribution in [1.29, 1.82) is 0 Å². The Morgan fingerprint density at radius 2 is 1.50 bits per heavy atom. The molecule has 0 bridgehead atoms. The number of hydrogen-bond acceptors (Lipinski definition) is 4. The van der Waals surface area contributed by atoms with Crippen LogP contribution in [0.5, 0.6) is 5.75 Å². The number of methoxy groups -OCH3 is 1. The molecule has 0 aliphatic carbocycles. The standard InChI is InChI=1S/C19H17F3N2O3S/c1-24-18(19(20,21)22)16(12-4-8-14(27-2)9-5-12)17(23-24)13-6-10-15(11-7-13)28(3,25)26/h4-11H,1-3H3. The molecule has 1 aromatic heterocycles. The number of ether oxygens (including phenoxy) is 1. The van der Waals surface area contributed by atoms with Crippen LogP contribution in [0.25, 0.3) is 22.4 Å². The van der Waals surface area contributed by atoms with E-state index in [1.807, 2.05) is 0 Å². The molecule has 0 aliphatic heterocycles. The van der Waals surface area contributed by atoms with Crippen molar-refractivity contribution >= 4 is 9.84 Å². The van der Waals surface area contributed by atoms with Crippen LogP contribution >= 0.6 is 0 Å². The van der Waals surface area contributed by atoms with Gasteiger partial charge in [0.05, 0.1) is 12.0 Å². The minimum Gasteiger partial charge on any atom is -0.497 e. The van der Waals surface area contributed by atoms with E-state index in [1.54, 1.807) is 12.1 Å². The third kappa shape index (κ3) is 3.75. The van der Waals surface area contributed by atoms with Gasteiger partial charge in [-0.05, 0) is 29.8 Å². The van der Waals surface area contributed by atoms with Gasteiger partial charge in [0.15, 0.2) is 15.5 Å². The predicted octanol–water partition coefficient (Wildman–Crippen LogP) is 4.19. The van der Waals surface area contributed by atoms with Crippen molar-refractivity contribution in [1.82, 2.24) is 9.78 Å². The van der Waals surface area contributed by atoms with E-state index in [0.29, 0.717) is 16.9 Å². The Bertz CT molecular complexity index is 1100. The van der Waals surface area contributed by atoms with Crippen LogP contribution in [-0.4, -0.2) is 31.6 Å². The molecule has 0 fully saturated rings. The summed E-state index contributed by atoms with van der Waals surface area (Å²) in [4.78, 5) is 0.0780. The van der Waals surface area contributed by atoms with Gasteiger partial charge in [-0.15, -0.1) is 0 Å². The van der Waals surface area contributed by atoms with E-state index in [-0.39, 0.29) is 16.2 Å². The number of aryl methyl sites for hydroxylation is 1. The van der Waals surface area contributed by atoms with Gasteiger partial charge in [-0.2, -0.15) is 18.3 Å². The van der Waals surface area contributed by atoms with Crippen LogP contribution in [0.2, 0.25) is 0 Å². The van der Waals surface area contributed by atoms with Gasteiger partial charge in [-0.3, -0.25) is 4.68 Å². The lowest BCUT2D eigenvalue weighted by Crippen LogP contribution is -2.13. The van der Waals surface area contributed by atoms with E-state index >= 15 is 0 Å². The Labute approximate surface area is 160 Å². The van der Waals surface area contributed by atoms with E-state index in [9.17, 15) is 21.6 Å². The average Bonchev–Trinajstić information content (AvgIpc) is 2.98. The Balaban J connectivity index is 2.24. The summed E-state index contributed by atoms with van der Waals surface area (Å²) in [5, 5.41) is 4.07. The van der Waals surface area contributed by atoms with Gasteiger partial charge in [-0.1, -0.05) is 24.3 Å². The Hall–Kier alpha value is -2.81. The third-order valence-electron chi connectivity index (χ3n) is 4.25. The number of alkyl halides is 3. The summed E-state index contributed by atoms with van der Waals surface area (Å²) in [6.07, 6.45) is -3.56. The molecule has 3 rings (SSSR count). The lowest BCUT2D eigenvalue weighted by molar-refractivity contribution is -0.143. The van der Waals surface area contributed by atoms with Crippen LogP contribution in [0, 0.1) is 0 Å². The zero-order valence-corrected chi connectivity index (χ0v) is 16.1. The zero-order valence-electron chi connectivity index (χ0n) is 15.3. The first-order valence-corrected chi connectivity index (χ1v) is 10.0. The number of nitrogens with zero attached hydrogens (tertiary/aromatic N) is 2. The second-order valence-electron chi connectivity index (χ2n) is 6.22. The van der Waals surface area contributed by atoms with Gasteiger partial charge in [0.2, 0.25) is 0 Å². The lowest BCUT2D eigenvalue weighted by atomic mass is 9.98. The summed E-state index contributed by atoms with van der Waals surface area (Å²) in [7, 11) is -0.724. The summed E-state index contributed by atoms with van der Waals surface area (Å²) in [5.74, 6) is 0.514. The molecule has 0 unspecified atom stereocenters. The first kappa shape index (κ1) is 19.9. The van der Waals surface area contributed by atoms with Crippen molar-refractivity contribution in [2.75, 3.05) is 13.4 Å². The van der Waals surface area contributed by atoms with E-state index in [1.165, 1.54) is 50.6 Å². The molecule has 28 heavy (non-hydrogen) atoms. The minimum absolute atomic E-state index is 0.0780. The number of rotatable bonds is 4. The third-order valence-corrected chi connectivity index (χ3v) is 5.38. The quantitative estimate of drug-likeness (QED) is 0.647. The SMILES string of the molecule is COc1ccc(-c2c(-c3ccc(S(C)(=O)=O)cc3)nn(C)c2C(F)(F)F)cc1. The van der Waals surface area contributed by atoms with Crippen LogP contribution in [0.3, 0.4) is 0 Å². The maximum absolute atomic E-state index is 13.7. The number of aromatic nitrogens is 2. The van der Waals surface area contributed by atoms with E-state index < -0.39 is 21.7 Å². The second-order valence-corrected chi connectivity index (χ2v) is 8.23. The van der Waals surface area contributed by atoms with Crippen LogP contribution in [0.4, 0.5) is 13.2 Å². The molecule has 9 heteroatoms. The molecule has 3 aromatic rings. The molecule has 0 aliphatic rings. The van der Waals surface area contributed by atoms with Gasteiger partial charge in [0.1, 0.15) is 11.4 Å². The Kier molecular flexibility index (Phi) is 4.97. The molecule has 0 spiro atoms. The van der Waals surface area contributed by atoms with E-state index in [2.05, 4.69) is 5.10 Å². The molecule has 0 atom stereocenters. The minimum atomic E-state index is -4.62. The molecule has 0 saturated heterocycles. The fourth-order valence-corrected chi connectivity index (χ4v) is 3.57. The molecule has 5 nitrogen and oxygen atoms in total. The second kappa shape index (κ2) is 6.97. The summed E-state index contributed by atoms with van der Waals surface area (Å²) >= 11 is 0. The summed E-state index contributed by atoms with van der Waals surface area (Å²) in [5.41, 5.74) is -0.155.